The van der Waals surface area contributed by atoms with Gasteiger partial charge in [-0.2, -0.15) is 0 Å². The van der Waals surface area contributed by atoms with Crippen LogP contribution >= 0.6 is 7.82 Å². The first-order chi connectivity index (χ1) is 18.0. The number of amides is 1. The molecule has 37 heavy (non-hydrogen) atoms. The van der Waals surface area contributed by atoms with Crippen molar-refractivity contribution in [3.63, 3.8) is 0 Å². The molecule has 0 saturated carbocycles. The molecule has 1 heterocycles. The zero-order chi connectivity index (χ0) is 27.0. The summed E-state index contributed by atoms with van der Waals surface area (Å²) < 4.78 is 22.2. The number of rotatable bonds is 24. The van der Waals surface area contributed by atoms with E-state index in [1.807, 2.05) is 12.2 Å². The van der Waals surface area contributed by atoms with Gasteiger partial charge in [0.15, 0.2) is 0 Å². The Morgan fingerprint density at radius 1 is 0.784 bits per heavy atom. The van der Waals surface area contributed by atoms with Crippen molar-refractivity contribution in [3.05, 3.63) is 12.2 Å². The van der Waals surface area contributed by atoms with E-state index in [4.69, 9.17) is 9.05 Å². The molecule has 0 spiro atoms. The molecule has 2 N–H and O–H groups in total. The van der Waals surface area contributed by atoms with Crippen molar-refractivity contribution in [2.75, 3.05) is 6.61 Å². The van der Waals surface area contributed by atoms with Gasteiger partial charge in [-0.05, 0) is 19.3 Å². The third-order valence-electron chi connectivity index (χ3n) is 7.22. The predicted molar refractivity (Wildman–Crippen MR) is 155 cm³/mol. The van der Waals surface area contributed by atoms with Gasteiger partial charge in [0.05, 0.1) is 12.6 Å². The second-order valence-electron chi connectivity index (χ2n) is 10.8. The highest BCUT2D eigenvalue weighted by Gasteiger charge is 2.37. The van der Waals surface area contributed by atoms with Crippen LogP contribution in [0.25, 0.3) is 0 Å². The molecule has 1 fully saturated rings. The van der Waals surface area contributed by atoms with Crippen LogP contribution in [-0.2, 0) is 18.4 Å². The summed E-state index contributed by atoms with van der Waals surface area (Å²) in [6.07, 6.45) is 29.9. The summed E-state index contributed by atoms with van der Waals surface area (Å²) in [5, 5.41) is 2.96. The lowest BCUT2D eigenvalue weighted by Crippen LogP contribution is -2.48. The number of carbonyl (C=O) groups excluding carboxylic acids is 1. The van der Waals surface area contributed by atoms with Crippen LogP contribution in [0.5, 0.6) is 0 Å². The number of hydrogen-bond acceptors (Lipinski definition) is 4. The van der Waals surface area contributed by atoms with Crippen LogP contribution < -0.4 is 5.32 Å². The quantitative estimate of drug-likeness (QED) is 0.0720. The van der Waals surface area contributed by atoms with E-state index in [1.165, 1.54) is 109 Å². The Labute approximate surface area is 228 Å². The van der Waals surface area contributed by atoms with E-state index in [1.54, 1.807) is 0 Å². The molecule has 1 amide bonds. The maximum absolute atomic E-state index is 12.4. The number of phosphoric acid groups is 1. The number of unbranched alkanes of at least 4 members (excludes halogenated alkanes) is 19. The van der Waals surface area contributed by atoms with E-state index < -0.39 is 20.0 Å². The lowest BCUT2D eigenvalue weighted by molar-refractivity contribution is -0.123. The van der Waals surface area contributed by atoms with Gasteiger partial charge in [-0.25, -0.2) is 4.57 Å². The topological polar surface area (TPSA) is 84.9 Å². The molecule has 0 aromatic carbocycles. The fraction of sp³-hybridized carbons (Fsp3) is 0.900. The molecule has 0 bridgehead atoms. The lowest BCUT2D eigenvalue weighted by Gasteiger charge is -2.32. The lowest BCUT2D eigenvalue weighted by atomic mass is 10.0. The Kier molecular flexibility index (Phi) is 21.6. The van der Waals surface area contributed by atoms with Crippen molar-refractivity contribution in [2.24, 2.45) is 0 Å². The van der Waals surface area contributed by atoms with E-state index in [2.05, 4.69) is 19.2 Å². The molecule has 1 rings (SSSR count). The van der Waals surface area contributed by atoms with Gasteiger partial charge >= 0.3 is 7.82 Å². The summed E-state index contributed by atoms with van der Waals surface area (Å²) in [4.78, 5) is 22.2. The zero-order valence-corrected chi connectivity index (χ0v) is 25.0. The van der Waals surface area contributed by atoms with Gasteiger partial charge in [0.2, 0.25) is 5.91 Å². The minimum atomic E-state index is -4.06. The molecule has 0 aromatic rings. The molecule has 218 valence electrons. The Morgan fingerprint density at radius 2 is 1.24 bits per heavy atom. The van der Waals surface area contributed by atoms with Crippen molar-refractivity contribution in [1.82, 2.24) is 5.32 Å². The standard InChI is InChI=1S/C30H58NO5P/c1-3-5-7-9-11-13-14-15-16-18-19-21-23-25-29-28(27-35-37(33,34)36-29)31-30(32)26-24-22-20-17-12-10-8-6-4-2/h23,25,28-29H,3-22,24,26-27H2,1-2H3,(H,31,32)(H,33,34)/b25-23+/t28-,29?/m0/s1. The van der Waals surface area contributed by atoms with Crippen molar-refractivity contribution < 1.29 is 23.3 Å². The van der Waals surface area contributed by atoms with Gasteiger partial charge in [-0.15, -0.1) is 0 Å². The summed E-state index contributed by atoms with van der Waals surface area (Å²) in [5.74, 6) is -0.0430. The zero-order valence-electron chi connectivity index (χ0n) is 24.1. The maximum atomic E-state index is 12.4. The van der Waals surface area contributed by atoms with Crippen molar-refractivity contribution in [1.29, 1.82) is 0 Å². The Morgan fingerprint density at radius 3 is 1.76 bits per heavy atom. The number of phosphoric ester groups is 1. The summed E-state index contributed by atoms with van der Waals surface area (Å²) >= 11 is 0. The number of hydrogen-bond donors (Lipinski definition) is 2. The molecule has 3 atom stereocenters. The molecular formula is C30H58NO5P. The molecule has 6 nitrogen and oxygen atoms in total. The minimum absolute atomic E-state index is 0.00920. The Balaban J connectivity index is 2.18. The monoisotopic (exact) mass is 543 g/mol. The first-order valence-electron chi connectivity index (χ1n) is 15.6. The summed E-state index contributed by atoms with van der Waals surface area (Å²) in [6.45, 7) is 4.48. The average Bonchev–Trinajstić information content (AvgIpc) is 2.87. The van der Waals surface area contributed by atoms with Gasteiger partial charge in [0.1, 0.15) is 6.10 Å². The molecule has 1 aliphatic rings. The normalized spacial score (nSPS) is 22.0. The molecule has 1 saturated heterocycles. The molecule has 0 aromatic heterocycles. The second kappa shape index (κ2) is 23.2. The first kappa shape index (κ1) is 34.3. The van der Waals surface area contributed by atoms with Gasteiger partial charge in [0, 0.05) is 6.42 Å². The van der Waals surface area contributed by atoms with Crippen molar-refractivity contribution in [3.8, 4) is 0 Å². The van der Waals surface area contributed by atoms with Crippen LogP contribution in [0.15, 0.2) is 12.2 Å². The molecule has 0 radical (unpaired) electrons. The average molecular weight is 544 g/mol. The second-order valence-corrected chi connectivity index (χ2v) is 12.2. The van der Waals surface area contributed by atoms with Gasteiger partial charge < -0.3 is 10.2 Å². The van der Waals surface area contributed by atoms with Crippen LogP contribution in [0.1, 0.15) is 155 Å². The third-order valence-corrected chi connectivity index (χ3v) is 8.21. The summed E-state index contributed by atoms with van der Waals surface area (Å²) in [5.41, 5.74) is 0. The van der Waals surface area contributed by atoms with Gasteiger partial charge in [-0.1, -0.05) is 142 Å². The number of allylic oxidation sites excluding steroid dienone is 1. The van der Waals surface area contributed by atoms with Crippen LogP contribution in [-0.4, -0.2) is 29.6 Å². The molecule has 7 heteroatoms. The van der Waals surface area contributed by atoms with Gasteiger partial charge in [0.25, 0.3) is 0 Å². The van der Waals surface area contributed by atoms with Crippen LogP contribution in [0, 0.1) is 0 Å². The van der Waals surface area contributed by atoms with Crippen molar-refractivity contribution in [2.45, 2.75) is 167 Å². The number of carbonyl (C=O) groups is 1. The molecular weight excluding hydrogens is 485 g/mol. The van der Waals surface area contributed by atoms with E-state index in [0.717, 1.165) is 25.7 Å². The highest BCUT2D eigenvalue weighted by Crippen LogP contribution is 2.48. The smallest absolute Gasteiger partial charge is 0.348 e. The van der Waals surface area contributed by atoms with Crippen LogP contribution in [0.3, 0.4) is 0 Å². The Hall–Kier alpha value is -0.680. The largest absolute Gasteiger partial charge is 0.472 e. The fourth-order valence-electron chi connectivity index (χ4n) is 4.85. The summed E-state index contributed by atoms with van der Waals surface area (Å²) in [7, 11) is -4.06. The molecule has 2 unspecified atom stereocenters. The highest BCUT2D eigenvalue weighted by atomic mass is 31.2. The fourth-order valence-corrected chi connectivity index (χ4v) is 5.79. The van der Waals surface area contributed by atoms with Gasteiger partial charge in [-0.3, -0.25) is 13.8 Å². The first-order valence-corrected chi connectivity index (χ1v) is 17.1. The van der Waals surface area contributed by atoms with E-state index >= 15 is 0 Å². The molecule has 1 aliphatic heterocycles. The SMILES string of the molecule is CCCCCCCCCCCCC/C=C/C1OP(=O)(O)OC[C@@H]1NC(=O)CCCCCCCCCCC. The van der Waals surface area contributed by atoms with Crippen LogP contribution in [0.4, 0.5) is 0 Å². The highest BCUT2D eigenvalue weighted by molar-refractivity contribution is 7.47. The maximum Gasteiger partial charge on any atom is 0.472 e. The Bertz CT molecular complexity index is 627. The van der Waals surface area contributed by atoms with Crippen molar-refractivity contribution >= 4 is 13.7 Å². The molecule has 0 aliphatic carbocycles. The summed E-state index contributed by atoms with van der Waals surface area (Å²) in [6, 6.07) is -0.436. The van der Waals surface area contributed by atoms with E-state index in [-0.39, 0.29) is 12.5 Å². The third kappa shape index (κ3) is 20.0. The van der Waals surface area contributed by atoms with E-state index in [0.29, 0.717) is 6.42 Å². The predicted octanol–water partition coefficient (Wildman–Crippen LogP) is 9.17. The van der Waals surface area contributed by atoms with Crippen LogP contribution in [0.2, 0.25) is 0 Å². The number of nitrogens with one attached hydrogen (secondary N) is 1. The van der Waals surface area contributed by atoms with E-state index in [9.17, 15) is 14.3 Å². The minimum Gasteiger partial charge on any atom is -0.348 e.